The van der Waals surface area contributed by atoms with Gasteiger partial charge in [0.25, 0.3) is 0 Å². The van der Waals surface area contributed by atoms with Crippen LogP contribution in [0.1, 0.15) is 17.4 Å². The molecule has 1 aliphatic heterocycles. The summed E-state index contributed by atoms with van der Waals surface area (Å²) >= 11 is 0. The first-order valence-electron chi connectivity index (χ1n) is 7.49. The Hall–Kier alpha value is -1.96. The van der Waals surface area contributed by atoms with Crippen LogP contribution in [0, 0.1) is 0 Å². The Morgan fingerprint density at radius 1 is 1.26 bits per heavy atom. The molecule has 7 heteroatoms. The summed E-state index contributed by atoms with van der Waals surface area (Å²) in [6.07, 6.45) is 5.08. The number of hydrogen-bond acceptors (Lipinski definition) is 4. The van der Waals surface area contributed by atoms with E-state index >= 15 is 0 Å². The van der Waals surface area contributed by atoms with E-state index in [4.69, 9.17) is 0 Å². The van der Waals surface area contributed by atoms with E-state index in [1.54, 1.807) is 18.5 Å². The minimum Gasteiger partial charge on any atom is -0.347 e. The first-order valence-corrected chi connectivity index (χ1v) is 8.99. The minimum atomic E-state index is -3.44. The van der Waals surface area contributed by atoms with E-state index in [9.17, 15) is 8.42 Å². The van der Waals surface area contributed by atoms with Gasteiger partial charge in [-0.05, 0) is 18.7 Å². The van der Waals surface area contributed by atoms with Gasteiger partial charge in [-0.15, -0.1) is 0 Å². The van der Waals surface area contributed by atoms with Crippen LogP contribution in [0.25, 0.3) is 6.08 Å². The number of piperazine rings is 1. The van der Waals surface area contributed by atoms with Gasteiger partial charge >= 0.3 is 0 Å². The highest BCUT2D eigenvalue weighted by Gasteiger charge is 2.32. The van der Waals surface area contributed by atoms with Crippen molar-refractivity contribution in [1.82, 2.24) is 19.2 Å². The van der Waals surface area contributed by atoms with Gasteiger partial charge in [-0.1, -0.05) is 30.3 Å². The van der Waals surface area contributed by atoms with Crippen molar-refractivity contribution in [3.63, 3.8) is 0 Å². The van der Waals surface area contributed by atoms with Crippen LogP contribution >= 0.6 is 0 Å². The lowest BCUT2D eigenvalue weighted by Gasteiger charge is -2.37. The van der Waals surface area contributed by atoms with Crippen molar-refractivity contribution in [2.24, 2.45) is 0 Å². The maximum absolute atomic E-state index is 12.6. The number of H-pyrrole nitrogens is 1. The number of rotatable bonds is 4. The molecule has 6 nitrogen and oxygen atoms in total. The van der Waals surface area contributed by atoms with E-state index in [1.807, 2.05) is 37.4 Å². The fourth-order valence-electron chi connectivity index (χ4n) is 2.65. The maximum atomic E-state index is 12.6. The summed E-state index contributed by atoms with van der Waals surface area (Å²) in [6.45, 7) is 1.55. The smallest absolute Gasteiger partial charge is 0.236 e. The second-order valence-corrected chi connectivity index (χ2v) is 7.41. The SMILES string of the molecule is CN1CCN(S(=O)(=O)/C=C/c2ccccc2)CC1c1ncc[nH]1. The first kappa shape index (κ1) is 15.9. The van der Waals surface area contributed by atoms with Gasteiger partial charge in [0.15, 0.2) is 0 Å². The average Bonchev–Trinajstić information content (AvgIpc) is 3.08. The molecule has 2 heterocycles. The van der Waals surface area contributed by atoms with Crippen molar-refractivity contribution in [1.29, 1.82) is 0 Å². The molecule has 3 rings (SSSR count). The summed E-state index contributed by atoms with van der Waals surface area (Å²) in [7, 11) is -1.46. The molecule has 23 heavy (non-hydrogen) atoms. The molecule has 0 aliphatic carbocycles. The second-order valence-electron chi connectivity index (χ2n) is 5.59. The van der Waals surface area contributed by atoms with E-state index in [1.165, 1.54) is 9.71 Å². The number of nitrogens with one attached hydrogen (secondary N) is 1. The number of benzene rings is 1. The fraction of sp³-hybridized carbons (Fsp3) is 0.312. The van der Waals surface area contributed by atoms with Crippen molar-refractivity contribution >= 4 is 16.1 Å². The van der Waals surface area contributed by atoms with Crippen LogP contribution in [-0.2, 0) is 10.0 Å². The number of aromatic amines is 1. The van der Waals surface area contributed by atoms with Crippen LogP contribution in [-0.4, -0.2) is 54.3 Å². The predicted octanol–water partition coefficient (Wildman–Crippen LogP) is 1.70. The standard InChI is InChI=1S/C16H20N4O2S/c1-19-10-11-20(13-15(19)16-17-8-9-18-16)23(21,22)12-7-14-5-3-2-4-6-14/h2-9,12,15H,10-11,13H2,1H3,(H,17,18)/b12-7+. The molecule has 122 valence electrons. The molecule has 1 saturated heterocycles. The van der Waals surface area contributed by atoms with Crippen molar-refractivity contribution in [3.8, 4) is 0 Å². The third-order valence-electron chi connectivity index (χ3n) is 4.04. The Balaban J connectivity index is 1.76. The molecule has 0 amide bonds. The third kappa shape index (κ3) is 3.69. The quantitative estimate of drug-likeness (QED) is 0.925. The van der Waals surface area contributed by atoms with Crippen LogP contribution in [0.2, 0.25) is 0 Å². The number of hydrogen-bond donors (Lipinski definition) is 1. The Labute approximate surface area is 136 Å². The van der Waals surface area contributed by atoms with Crippen LogP contribution < -0.4 is 0 Å². The predicted molar refractivity (Wildman–Crippen MR) is 89.9 cm³/mol. The van der Waals surface area contributed by atoms with Crippen molar-refractivity contribution in [3.05, 3.63) is 59.5 Å². The molecule has 1 fully saturated rings. The zero-order chi connectivity index (χ0) is 16.3. The molecule has 0 saturated carbocycles. The molecule has 1 N–H and O–H groups in total. The fourth-order valence-corrected chi connectivity index (χ4v) is 3.84. The zero-order valence-corrected chi connectivity index (χ0v) is 13.8. The summed E-state index contributed by atoms with van der Waals surface area (Å²) < 4.78 is 26.7. The van der Waals surface area contributed by atoms with Gasteiger partial charge in [0.05, 0.1) is 6.04 Å². The van der Waals surface area contributed by atoms with Gasteiger partial charge in [0.1, 0.15) is 5.82 Å². The topological polar surface area (TPSA) is 69.3 Å². The molecule has 0 bridgehead atoms. The summed E-state index contributed by atoms with van der Waals surface area (Å²) in [5.41, 5.74) is 0.868. The molecule has 1 atom stereocenters. The van der Waals surface area contributed by atoms with Gasteiger partial charge in [-0.3, -0.25) is 4.90 Å². The van der Waals surface area contributed by atoms with Crippen LogP contribution in [0.3, 0.4) is 0 Å². The lowest BCUT2D eigenvalue weighted by molar-refractivity contribution is 0.143. The minimum absolute atomic E-state index is 0.0568. The Kier molecular flexibility index (Phi) is 4.61. The molecule has 0 spiro atoms. The van der Waals surface area contributed by atoms with Gasteiger partial charge in [-0.2, -0.15) is 4.31 Å². The molecule has 1 aromatic heterocycles. The molecular formula is C16H20N4O2S. The first-order chi connectivity index (χ1) is 11.1. The molecule has 1 unspecified atom stereocenters. The van der Waals surface area contributed by atoms with Gasteiger partial charge < -0.3 is 4.98 Å². The zero-order valence-electron chi connectivity index (χ0n) is 13.0. The number of likely N-dealkylation sites (N-methyl/N-ethyl adjacent to an activating group) is 1. The lowest BCUT2D eigenvalue weighted by atomic mass is 10.2. The molecule has 1 aliphatic rings. The summed E-state index contributed by atoms with van der Waals surface area (Å²) in [5, 5.41) is 1.28. The van der Waals surface area contributed by atoms with Crippen LogP contribution in [0.4, 0.5) is 0 Å². The van der Waals surface area contributed by atoms with E-state index in [0.717, 1.165) is 11.4 Å². The summed E-state index contributed by atoms with van der Waals surface area (Å²) in [4.78, 5) is 9.46. The van der Waals surface area contributed by atoms with E-state index < -0.39 is 10.0 Å². The second kappa shape index (κ2) is 6.66. The molecule has 1 aromatic carbocycles. The summed E-state index contributed by atoms with van der Waals surface area (Å²) in [5.74, 6) is 0.791. The van der Waals surface area contributed by atoms with Crippen molar-refractivity contribution in [2.75, 3.05) is 26.7 Å². The highest BCUT2D eigenvalue weighted by Crippen LogP contribution is 2.23. The number of sulfonamides is 1. The largest absolute Gasteiger partial charge is 0.347 e. The van der Waals surface area contributed by atoms with Crippen LogP contribution in [0.5, 0.6) is 0 Å². The van der Waals surface area contributed by atoms with Gasteiger partial charge in [0.2, 0.25) is 10.0 Å². The van der Waals surface area contributed by atoms with Crippen LogP contribution in [0.15, 0.2) is 48.1 Å². The van der Waals surface area contributed by atoms with Gasteiger partial charge in [-0.25, -0.2) is 13.4 Å². The van der Waals surface area contributed by atoms with E-state index in [0.29, 0.717) is 19.6 Å². The third-order valence-corrected chi connectivity index (χ3v) is 5.57. The Morgan fingerprint density at radius 2 is 2.04 bits per heavy atom. The normalized spacial score (nSPS) is 21.0. The van der Waals surface area contributed by atoms with Crippen molar-refractivity contribution in [2.45, 2.75) is 6.04 Å². The number of aromatic nitrogens is 2. The number of nitrogens with zero attached hydrogens (tertiary/aromatic N) is 3. The molecule has 0 radical (unpaired) electrons. The maximum Gasteiger partial charge on any atom is 0.236 e. The highest BCUT2D eigenvalue weighted by atomic mass is 32.2. The van der Waals surface area contributed by atoms with Gasteiger partial charge in [0, 0.05) is 37.4 Å². The van der Waals surface area contributed by atoms with Crippen molar-refractivity contribution < 1.29 is 8.42 Å². The monoisotopic (exact) mass is 332 g/mol. The van der Waals surface area contributed by atoms with E-state index in [-0.39, 0.29) is 6.04 Å². The average molecular weight is 332 g/mol. The molecular weight excluding hydrogens is 312 g/mol. The number of imidazole rings is 1. The highest BCUT2D eigenvalue weighted by molar-refractivity contribution is 7.92. The summed E-state index contributed by atoms with van der Waals surface area (Å²) in [6, 6.07) is 9.37. The van der Waals surface area contributed by atoms with E-state index in [2.05, 4.69) is 14.9 Å². The Morgan fingerprint density at radius 3 is 2.74 bits per heavy atom. The lowest BCUT2D eigenvalue weighted by Crippen LogP contribution is -2.48. The molecule has 2 aromatic rings. The Bertz CT molecular complexity index is 757.